The van der Waals surface area contributed by atoms with Crippen molar-refractivity contribution in [2.45, 2.75) is 37.8 Å². The lowest BCUT2D eigenvalue weighted by Gasteiger charge is -2.18. The van der Waals surface area contributed by atoms with Crippen LogP contribution in [0.2, 0.25) is 0 Å². The van der Waals surface area contributed by atoms with Gasteiger partial charge >= 0.3 is 0 Å². The third kappa shape index (κ3) is 2.25. The lowest BCUT2D eigenvalue weighted by molar-refractivity contribution is 0.0608. The summed E-state index contributed by atoms with van der Waals surface area (Å²) in [6.07, 6.45) is 6.05. The summed E-state index contributed by atoms with van der Waals surface area (Å²) in [5.74, 6) is 0.811. The highest BCUT2D eigenvalue weighted by Gasteiger charge is 2.32. The van der Waals surface area contributed by atoms with Crippen LogP contribution in [0.3, 0.4) is 0 Å². The van der Waals surface area contributed by atoms with E-state index in [0.717, 1.165) is 31.1 Å². The van der Waals surface area contributed by atoms with Gasteiger partial charge in [0.15, 0.2) is 0 Å². The molecule has 88 valence electrons. The number of aliphatic hydroxyl groups is 1. The van der Waals surface area contributed by atoms with Crippen LogP contribution in [-0.4, -0.2) is 38.8 Å². The normalized spacial score (nSPS) is 29.8. The van der Waals surface area contributed by atoms with Crippen molar-refractivity contribution < 1.29 is 5.11 Å². The minimum absolute atomic E-state index is 0.611. The molecular formula is C11H18N4O. The quantitative estimate of drug-likeness (QED) is 0.750. The van der Waals surface area contributed by atoms with Crippen molar-refractivity contribution in [2.24, 2.45) is 5.92 Å². The summed E-state index contributed by atoms with van der Waals surface area (Å²) in [5, 5.41) is 21.6. The Labute approximate surface area is 94.8 Å². The molecule has 0 radical (unpaired) electrons. The molecule has 3 rings (SSSR count). The van der Waals surface area contributed by atoms with E-state index in [9.17, 15) is 5.11 Å². The third-order valence-corrected chi connectivity index (χ3v) is 3.46. The van der Waals surface area contributed by atoms with Crippen LogP contribution >= 0.6 is 0 Å². The zero-order valence-electron chi connectivity index (χ0n) is 9.39. The lowest BCUT2D eigenvalue weighted by atomic mass is 9.97. The highest BCUT2D eigenvalue weighted by Crippen LogP contribution is 2.30. The fourth-order valence-electron chi connectivity index (χ4n) is 2.29. The van der Waals surface area contributed by atoms with Crippen molar-refractivity contribution in [1.29, 1.82) is 0 Å². The van der Waals surface area contributed by atoms with Gasteiger partial charge in [-0.05, 0) is 31.7 Å². The largest absolute Gasteiger partial charge is 0.388 e. The van der Waals surface area contributed by atoms with Crippen LogP contribution in [0.4, 0.5) is 0 Å². The monoisotopic (exact) mass is 222 g/mol. The Bertz CT molecular complexity index is 366. The molecule has 1 aromatic heterocycles. The van der Waals surface area contributed by atoms with Gasteiger partial charge in [0.1, 0.15) is 0 Å². The van der Waals surface area contributed by atoms with Gasteiger partial charge in [0, 0.05) is 25.7 Å². The Hall–Kier alpha value is -0.940. The van der Waals surface area contributed by atoms with Crippen LogP contribution in [-0.2, 0) is 13.0 Å². The molecule has 0 aromatic carbocycles. The zero-order valence-corrected chi connectivity index (χ0v) is 9.39. The lowest BCUT2D eigenvalue weighted by Crippen LogP contribution is -2.33. The number of nitrogens with one attached hydrogen (secondary N) is 1. The van der Waals surface area contributed by atoms with Crippen molar-refractivity contribution in [3.63, 3.8) is 0 Å². The summed E-state index contributed by atoms with van der Waals surface area (Å²) in [6.45, 7) is 2.55. The molecule has 2 N–H and O–H groups in total. The molecule has 1 aromatic rings. The molecule has 5 heteroatoms. The number of hydrogen-bond acceptors (Lipinski definition) is 4. The van der Waals surface area contributed by atoms with Gasteiger partial charge in [-0.1, -0.05) is 5.21 Å². The number of rotatable bonds is 4. The summed E-state index contributed by atoms with van der Waals surface area (Å²) >= 11 is 0. The first-order chi connectivity index (χ1) is 7.73. The molecule has 0 amide bonds. The van der Waals surface area contributed by atoms with E-state index in [1.807, 2.05) is 10.9 Å². The maximum absolute atomic E-state index is 10.2. The predicted octanol–water partition coefficient (Wildman–Crippen LogP) is -0.0450. The average Bonchev–Trinajstić information content (AvgIpc) is 2.78. The Morgan fingerprint density at radius 2 is 2.44 bits per heavy atom. The van der Waals surface area contributed by atoms with Crippen LogP contribution in [0.15, 0.2) is 6.20 Å². The summed E-state index contributed by atoms with van der Waals surface area (Å²) in [7, 11) is 0. The Morgan fingerprint density at radius 1 is 1.56 bits per heavy atom. The second kappa shape index (κ2) is 3.82. The van der Waals surface area contributed by atoms with Gasteiger partial charge in [-0.2, -0.15) is 0 Å². The van der Waals surface area contributed by atoms with Gasteiger partial charge < -0.3 is 10.4 Å². The minimum Gasteiger partial charge on any atom is -0.388 e. The molecule has 0 bridgehead atoms. The summed E-state index contributed by atoms with van der Waals surface area (Å²) < 4.78 is 1.92. The van der Waals surface area contributed by atoms with E-state index >= 15 is 0 Å². The number of aromatic nitrogens is 3. The summed E-state index contributed by atoms with van der Waals surface area (Å²) in [4.78, 5) is 0. The van der Waals surface area contributed by atoms with Crippen molar-refractivity contribution in [2.75, 3.05) is 13.1 Å². The van der Waals surface area contributed by atoms with Gasteiger partial charge in [-0.15, -0.1) is 5.10 Å². The van der Waals surface area contributed by atoms with Gasteiger partial charge in [0.25, 0.3) is 0 Å². The van der Waals surface area contributed by atoms with Crippen LogP contribution < -0.4 is 5.32 Å². The molecule has 1 unspecified atom stereocenters. The van der Waals surface area contributed by atoms with Crippen LogP contribution in [0.25, 0.3) is 0 Å². The summed E-state index contributed by atoms with van der Waals surface area (Å²) in [6, 6.07) is 0. The Morgan fingerprint density at radius 3 is 3.12 bits per heavy atom. The van der Waals surface area contributed by atoms with E-state index in [2.05, 4.69) is 15.6 Å². The van der Waals surface area contributed by atoms with Gasteiger partial charge in [-0.3, -0.25) is 4.68 Å². The molecule has 2 aliphatic rings. The molecule has 1 saturated carbocycles. The Kier molecular flexibility index (Phi) is 2.44. The number of β-amino-alcohol motifs (C(OH)–C–C–N with tert-alkyl or cyclic N) is 1. The van der Waals surface area contributed by atoms with Gasteiger partial charge in [-0.25, -0.2) is 0 Å². The van der Waals surface area contributed by atoms with Gasteiger partial charge in [0.05, 0.1) is 11.3 Å². The zero-order chi connectivity index (χ0) is 11.0. The standard InChI is InChI=1S/C11H18N4O/c16-11(3-4-12-8-11)5-10-7-15(14-13-10)6-9-1-2-9/h7,9,12,16H,1-6,8H2. The van der Waals surface area contributed by atoms with E-state index in [4.69, 9.17) is 0 Å². The van der Waals surface area contributed by atoms with Gasteiger partial charge in [0.2, 0.25) is 0 Å². The second-order valence-electron chi connectivity index (χ2n) is 5.20. The van der Waals surface area contributed by atoms with E-state index in [-0.39, 0.29) is 0 Å². The third-order valence-electron chi connectivity index (χ3n) is 3.46. The molecular weight excluding hydrogens is 204 g/mol. The first-order valence-corrected chi connectivity index (χ1v) is 6.06. The molecule has 16 heavy (non-hydrogen) atoms. The average molecular weight is 222 g/mol. The van der Waals surface area contributed by atoms with Crippen molar-refractivity contribution >= 4 is 0 Å². The molecule has 0 spiro atoms. The minimum atomic E-state index is -0.611. The summed E-state index contributed by atoms with van der Waals surface area (Å²) in [5.41, 5.74) is 0.298. The van der Waals surface area contributed by atoms with E-state index in [1.54, 1.807) is 0 Å². The highest BCUT2D eigenvalue weighted by atomic mass is 16.3. The fraction of sp³-hybridized carbons (Fsp3) is 0.818. The topological polar surface area (TPSA) is 63.0 Å². The highest BCUT2D eigenvalue weighted by molar-refractivity contribution is 5.03. The molecule has 1 aliphatic heterocycles. The first kappa shape index (κ1) is 10.2. The molecule has 5 nitrogen and oxygen atoms in total. The predicted molar refractivity (Wildman–Crippen MR) is 58.9 cm³/mol. The fourth-order valence-corrected chi connectivity index (χ4v) is 2.29. The smallest absolute Gasteiger partial charge is 0.0856 e. The number of nitrogens with zero attached hydrogens (tertiary/aromatic N) is 3. The first-order valence-electron chi connectivity index (χ1n) is 6.06. The van der Waals surface area contributed by atoms with Crippen molar-refractivity contribution in [3.05, 3.63) is 11.9 Å². The number of hydrogen-bond donors (Lipinski definition) is 2. The molecule has 2 fully saturated rings. The maximum atomic E-state index is 10.2. The molecule has 2 heterocycles. The van der Waals surface area contributed by atoms with Crippen molar-refractivity contribution in [3.8, 4) is 0 Å². The van der Waals surface area contributed by atoms with E-state index < -0.39 is 5.60 Å². The van der Waals surface area contributed by atoms with Crippen molar-refractivity contribution in [1.82, 2.24) is 20.3 Å². The SMILES string of the molecule is OC1(Cc2cn(CC3CC3)nn2)CCNC1. The second-order valence-corrected chi connectivity index (χ2v) is 5.20. The van der Waals surface area contributed by atoms with Crippen LogP contribution in [0.5, 0.6) is 0 Å². The van der Waals surface area contributed by atoms with E-state index in [0.29, 0.717) is 13.0 Å². The van der Waals surface area contributed by atoms with E-state index in [1.165, 1.54) is 12.8 Å². The molecule has 1 saturated heterocycles. The maximum Gasteiger partial charge on any atom is 0.0856 e. The molecule has 1 aliphatic carbocycles. The Balaban J connectivity index is 1.62. The van der Waals surface area contributed by atoms with Crippen LogP contribution in [0, 0.1) is 5.92 Å². The van der Waals surface area contributed by atoms with Crippen LogP contribution in [0.1, 0.15) is 25.0 Å². The molecule has 1 atom stereocenters.